The quantitative estimate of drug-likeness (QED) is 0.114. The van der Waals surface area contributed by atoms with Gasteiger partial charge >= 0.3 is 11.4 Å². The summed E-state index contributed by atoms with van der Waals surface area (Å²) in [5, 5.41) is 36.4. The standard InChI is InChI=1S/C30H36N10O10S2/c1-7-13-31-52(49,50)22-16-18(33-35-24-27(43)38(5)30(46)39(6)28(24)44)10-12-20(22)19-11-9-17(15-21(19)40(14-8-2)51(47)48)32-34-23-25(41)36(3)29(45)37(4)26(23)42/h9-12,15-16,31,41,43H,7-8,13-14H2,1-6H3,(H,47,48). The highest BCUT2D eigenvalue weighted by atomic mass is 32.2. The van der Waals surface area contributed by atoms with Crippen molar-refractivity contribution in [3.8, 4) is 22.9 Å². The van der Waals surface area contributed by atoms with Crippen LogP contribution in [0.25, 0.3) is 11.1 Å². The number of azo groups is 2. The Hall–Kier alpha value is -5.58. The molecule has 0 saturated heterocycles. The zero-order valence-electron chi connectivity index (χ0n) is 28.8. The molecule has 4 N–H and O–H groups in total. The fraction of sp³-hybridized carbons (Fsp3) is 0.333. The number of aromatic nitrogens is 4. The zero-order chi connectivity index (χ0) is 38.7. The first kappa shape index (κ1) is 39.2. The summed E-state index contributed by atoms with van der Waals surface area (Å²) < 4.78 is 56.9. The molecule has 2 heterocycles. The molecule has 278 valence electrons. The maximum atomic E-state index is 13.7. The van der Waals surface area contributed by atoms with Gasteiger partial charge in [0.05, 0.1) is 22.0 Å². The van der Waals surface area contributed by atoms with Crippen LogP contribution in [0, 0.1) is 0 Å². The van der Waals surface area contributed by atoms with Gasteiger partial charge in [-0.3, -0.25) is 36.7 Å². The fourth-order valence-electron chi connectivity index (χ4n) is 4.86. The van der Waals surface area contributed by atoms with Crippen molar-refractivity contribution in [2.24, 2.45) is 48.6 Å². The molecular weight excluding hydrogens is 725 g/mol. The Bertz CT molecular complexity index is 2480. The molecule has 1 atom stereocenters. The van der Waals surface area contributed by atoms with Crippen molar-refractivity contribution in [1.29, 1.82) is 0 Å². The molecule has 4 aromatic rings. The molecule has 52 heavy (non-hydrogen) atoms. The number of rotatable bonds is 13. The number of sulfonamides is 1. The van der Waals surface area contributed by atoms with Crippen LogP contribution in [0.3, 0.4) is 0 Å². The summed E-state index contributed by atoms with van der Waals surface area (Å²) in [5.41, 5.74) is -4.39. The molecule has 0 radical (unpaired) electrons. The first-order chi connectivity index (χ1) is 24.5. The van der Waals surface area contributed by atoms with Crippen LogP contribution in [0.2, 0.25) is 0 Å². The van der Waals surface area contributed by atoms with E-state index < -0.39 is 66.9 Å². The maximum Gasteiger partial charge on any atom is 0.333 e. The van der Waals surface area contributed by atoms with E-state index in [1.807, 2.05) is 0 Å². The number of benzene rings is 2. The van der Waals surface area contributed by atoms with Crippen molar-refractivity contribution in [1.82, 2.24) is 23.0 Å². The average Bonchev–Trinajstić information content (AvgIpc) is 3.12. The predicted molar refractivity (Wildman–Crippen MR) is 191 cm³/mol. The van der Waals surface area contributed by atoms with Gasteiger partial charge in [-0.15, -0.1) is 10.2 Å². The van der Waals surface area contributed by atoms with Crippen LogP contribution in [-0.2, 0) is 49.5 Å². The molecule has 2 aromatic carbocycles. The molecule has 0 saturated carbocycles. The summed E-state index contributed by atoms with van der Waals surface area (Å²) in [6, 6.07) is 8.00. The van der Waals surface area contributed by atoms with E-state index in [-0.39, 0.29) is 46.2 Å². The highest BCUT2D eigenvalue weighted by Gasteiger charge is 2.25. The maximum absolute atomic E-state index is 13.7. The lowest BCUT2D eigenvalue weighted by molar-refractivity contribution is 0.413. The number of nitrogens with one attached hydrogen (secondary N) is 1. The van der Waals surface area contributed by atoms with Gasteiger partial charge in [-0.05, 0) is 37.1 Å². The first-order valence-corrected chi connectivity index (χ1v) is 18.0. The van der Waals surface area contributed by atoms with E-state index in [0.717, 1.165) is 24.1 Å². The zero-order valence-corrected chi connectivity index (χ0v) is 30.5. The lowest BCUT2D eigenvalue weighted by Gasteiger charge is -2.24. The number of hydrogen-bond donors (Lipinski definition) is 4. The Morgan fingerprint density at radius 1 is 0.731 bits per heavy atom. The first-order valence-electron chi connectivity index (χ1n) is 15.4. The van der Waals surface area contributed by atoms with E-state index in [4.69, 9.17) is 0 Å². The largest absolute Gasteiger partial charge is 0.493 e. The van der Waals surface area contributed by atoms with Crippen LogP contribution in [0.1, 0.15) is 26.7 Å². The normalized spacial score (nSPS) is 12.6. The summed E-state index contributed by atoms with van der Waals surface area (Å²) in [5.74, 6) is -1.50. The molecule has 0 amide bonds. The van der Waals surface area contributed by atoms with Crippen LogP contribution < -0.4 is 31.5 Å². The van der Waals surface area contributed by atoms with Crippen LogP contribution >= 0.6 is 0 Å². The van der Waals surface area contributed by atoms with Crippen molar-refractivity contribution in [3.63, 3.8) is 0 Å². The molecule has 0 bridgehead atoms. The van der Waals surface area contributed by atoms with Crippen LogP contribution in [0.15, 0.2) is 80.9 Å². The van der Waals surface area contributed by atoms with Gasteiger partial charge in [0, 0.05) is 52.4 Å². The van der Waals surface area contributed by atoms with Gasteiger partial charge < -0.3 is 10.2 Å². The minimum absolute atomic E-state index is 0.0261. The Balaban J connectivity index is 1.96. The van der Waals surface area contributed by atoms with Crippen molar-refractivity contribution in [3.05, 3.63) is 78.1 Å². The third-order valence-electron chi connectivity index (χ3n) is 7.70. The summed E-state index contributed by atoms with van der Waals surface area (Å²) >= 11 is -2.62. The third kappa shape index (κ3) is 7.68. The van der Waals surface area contributed by atoms with E-state index in [0.29, 0.717) is 17.4 Å². The van der Waals surface area contributed by atoms with E-state index in [9.17, 15) is 46.6 Å². The van der Waals surface area contributed by atoms with E-state index >= 15 is 0 Å². The second kappa shape index (κ2) is 15.8. The van der Waals surface area contributed by atoms with E-state index in [1.165, 1.54) is 58.5 Å². The predicted octanol–water partition coefficient (Wildman–Crippen LogP) is 2.43. The van der Waals surface area contributed by atoms with Crippen LogP contribution in [0.4, 0.5) is 28.4 Å². The van der Waals surface area contributed by atoms with Gasteiger partial charge in [-0.2, -0.15) is 10.2 Å². The van der Waals surface area contributed by atoms with Crippen molar-refractivity contribution in [2.45, 2.75) is 31.6 Å². The molecule has 2 aromatic heterocycles. The van der Waals surface area contributed by atoms with E-state index in [1.54, 1.807) is 13.8 Å². The molecule has 0 spiro atoms. The highest BCUT2D eigenvalue weighted by Crippen LogP contribution is 2.40. The number of anilines is 1. The second-order valence-electron chi connectivity index (χ2n) is 11.3. The van der Waals surface area contributed by atoms with Crippen LogP contribution in [-0.4, -0.2) is 58.8 Å². The second-order valence-corrected chi connectivity index (χ2v) is 13.9. The van der Waals surface area contributed by atoms with Gasteiger partial charge in [0.15, 0.2) is 0 Å². The van der Waals surface area contributed by atoms with Crippen molar-refractivity contribution < 1.29 is 27.4 Å². The SMILES string of the molecule is CCCNS(=O)(=O)c1cc(N=Nc2c(O)n(C)c(=O)n(C)c2=O)ccc1-c1ccc(N=Nc2c(O)n(C)c(=O)n(C)c2=O)cc1N(CCC)S(=O)O. The van der Waals surface area contributed by atoms with Gasteiger partial charge in [-0.25, -0.2) is 26.9 Å². The molecule has 0 fully saturated rings. The summed E-state index contributed by atoms with van der Waals surface area (Å²) in [6.45, 7) is 3.59. The lowest BCUT2D eigenvalue weighted by Crippen LogP contribution is -2.36. The number of nitrogens with zero attached hydrogens (tertiary/aromatic N) is 9. The van der Waals surface area contributed by atoms with Gasteiger partial charge in [-0.1, -0.05) is 26.0 Å². The Kier molecular flexibility index (Phi) is 11.9. The fourth-order valence-corrected chi connectivity index (χ4v) is 6.89. The minimum Gasteiger partial charge on any atom is -0.493 e. The number of hydrogen-bond acceptors (Lipinski definition) is 13. The minimum atomic E-state index is -4.30. The molecule has 0 aliphatic rings. The highest BCUT2D eigenvalue weighted by molar-refractivity contribution is 7.89. The van der Waals surface area contributed by atoms with Gasteiger partial charge in [0.1, 0.15) is 0 Å². The Morgan fingerprint density at radius 3 is 1.67 bits per heavy atom. The molecular formula is C30H36N10O10S2. The van der Waals surface area contributed by atoms with E-state index in [2.05, 4.69) is 25.2 Å². The molecule has 0 aliphatic heterocycles. The van der Waals surface area contributed by atoms with Gasteiger partial charge in [0.25, 0.3) is 22.4 Å². The van der Waals surface area contributed by atoms with Gasteiger partial charge in [0.2, 0.25) is 33.2 Å². The summed E-state index contributed by atoms with van der Waals surface area (Å²) in [4.78, 5) is 49.2. The lowest BCUT2D eigenvalue weighted by atomic mass is 10.0. The Morgan fingerprint density at radius 2 is 1.21 bits per heavy atom. The number of aromatic hydroxyl groups is 2. The molecule has 20 nitrogen and oxygen atoms in total. The van der Waals surface area contributed by atoms with Crippen molar-refractivity contribution >= 4 is 49.7 Å². The topological polar surface area (TPSA) is 265 Å². The Labute approximate surface area is 298 Å². The molecule has 1 unspecified atom stereocenters. The molecule has 4 rings (SSSR count). The molecule has 22 heteroatoms. The van der Waals surface area contributed by atoms with Crippen LogP contribution in [0.5, 0.6) is 11.8 Å². The van der Waals surface area contributed by atoms with Crippen molar-refractivity contribution in [2.75, 3.05) is 17.4 Å². The third-order valence-corrected chi connectivity index (χ3v) is 9.96. The molecule has 0 aliphatic carbocycles. The monoisotopic (exact) mass is 760 g/mol. The smallest absolute Gasteiger partial charge is 0.333 e. The summed E-state index contributed by atoms with van der Waals surface area (Å²) in [7, 11) is 0.526. The summed E-state index contributed by atoms with van der Waals surface area (Å²) in [6.07, 6.45) is 0.829. The average molecular weight is 761 g/mol.